The molecule has 0 bridgehead atoms. The van der Waals surface area contributed by atoms with Crippen LogP contribution in [-0.2, 0) is 0 Å². The largest absolute Gasteiger partial charge is 0.497 e. The molecule has 0 aromatic heterocycles. The van der Waals surface area contributed by atoms with Crippen LogP contribution in [0.15, 0.2) is 36.4 Å². The summed E-state index contributed by atoms with van der Waals surface area (Å²) in [5, 5.41) is 4.04. The highest BCUT2D eigenvalue weighted by Gasteiger charge is 2.04. The van der Waals surface area contributed by atoms with Crippen molar-refractivity contribution in [1.29, 1.82) is 0 Å². The van der Waals surface area contributed by atoms with Crippen LogP contribution >= 0.6 is 0 Å². The smallest absolute Gasteiger partial charge is 0.118 e. The predicted molar refractivity (Wildman–Crippen MR) is 69.2 cm³/mol. The molecular formula is C13H16OSi. The number of fused-ring (bicyclic) bond motifs is 1. The molecule has 0 aliphatic heterocycles. The Hall–Kier alpha value is -1.28. The van der Waals surface area contributed by atoms with Gasteiger partial charge in [0.15, 0.2) is 0 Å². The highest BCUT2D eigenvalue weighted by atomic mass is 28.2. The molecule has 15 heavy (non-hydrogen) atoms. The number of benzene rings is 2. The topological polar surface area (TPSA) is 9.23 Å². The van der Waals surface area contributed by atoms with E-state index in [1.165, 1.54) is 22.0 Å². The molecule has 0 radical (unpaired) electrons. The molecule has 0 unspecified atom stereocenters. The summed E-state index contributed by atoms with van der Waals surface area (Å²) in [6, 6.07) is 14.2. The number of rotatable bonds is 3. The van der Waals surface area contributed by atoms with Gasteiger partial charge in [-0.25, -0.2) is 0 Å². The summed E-state index contributed by atoms with van der Waals surface area (Å²) in [6.07, 6.45) is 0. The molecule has 0 spiro atoms. The van der Waals surface area contributed by atoms with Crippen molar-refractivity contribution < 1.29 is 4.74 Å². The third-order valence-corrected chi connectivity index (χ3v) is 4.26. The van der Waals surface area contributed by atoms with Gasteiger partial charge in [-0.2, -0.15) is 0 Å². The molecular weight excluding hydrogens is 200 g/mol. The minimum Gasteiger partial charge on any atom is -0.497 e. The van der Waals surface area contributed by atoms with E-state index in [2.05, 4.69) is 43.3 Å². The summed E-state index contributed by atoms with van der Waals surface area (Å²) in [5.74, 6) is 1.07. The lowest BCUT2D eigenvalue weighted by molar-refractivity contribution is 0.418. The Labute approximate surface area is 92.9 Å². The molecule has 2 aromatic carbocycles. The van der Waals surface area contributed by atoms with Crippen LogP contribution < -0.4 is 9.92 Å². The van der Waals surface area contributed by atoms with Gasteiger partial charge in [0, 0.05) is 0 Å². The van der Waals surface area contributed by atoms with Crippen molar-refractivity contribution in [2.45, 2.75) is 13.0 Å². The zero-order valence-corrected chi connectivity index (χ0v) is 10.7. The molecule has 0 amide bonds. The summed E-state index contributed by atoms with van der Waals surface area (Å²) in [7, 11) is 1.61. The highest BCUT2D eigenvalue weighted by molar-refractivity contribution is 6.55. The molecule has 2 aromatic rings. The van der Waals surface area contributed by atoms with E-state index in [0.29, 0.717) is 0 Å². The zero-order valence-electron chi connectivity index (χ0n) is 9.29. The van der Waals surface area contributed by atoms with Gasteiger partial charge >= 0.3 is 0 Å². The second kappa shape index (κ2) is 4.49. The maximum atomic E-state index is 5.44. The van der Waals surface area contributed by atoms with Gasteiger partial charge in [-0.3, -0.25) is 0 Å². The van der Waals surface area contributed by atoms with Gasteiger partial charge in [-0.05, 0) is 22.0 Å². The van der Waals surface area contributed by atoms with Crippen molar-refractivity contribution in [2.75, 3.05) is 7.11 Å². The Balaban J connectivity index is 2.58. The number of ether oxygens (including phenoxy) is 1. The quantitative estimate of drug-likeness (QED) is 0.714. The predicted octanol–water partition coefficient (Wildman–Crippen LogP) is 2.08. The maximum Gasteiger partial charge on any atom is 0.118 e. The molecule has 0 N–H and O–H groups in total. The van der Waals surface area contributed by atoms with E-state index in [4.69, 9.17) is 4.74 Å². The molecule has 2 heteroatoms. The van der Waals surface area contributed by atoms with Crippen LogP contribution in [0.4, 0.5) is 0 Å². The van der Waals surface area contributed by atoms with E-state index in [1.54, 1.807) is 7.11 Å². The van der Waals surface area contributed by atoms with Gasteiger partial charge in [0.25, 0.3) is 0 Å². The minimum absolute atomic E-state index is 0.154. The normalized spacial score (nSPS) is 11.3. The molecule has 0 atom stereocenters. The van der Waals surface area contributed by atoms with Gasteiger partial charge in [0.2, 0.25) is 0 Å². The van der Waals surface area contributed by atoms with Crippen molar-refractivity contribution in [2.24, 2.45) is 0 Å². The van der Waals surface area contributed by atoms with E-state index in [9.17, 15) is 0 Å². The fourth-order valence-electron chi connectivity index (χ4n) is 1.92. The third kappa shape index (κ3) is 2.05. The summed E-state index contributed by atoms with van der Waals surface area (Å²) < 4.78 is 5.44. The van der Waals surface area contributed by atoms with E-state index in [1.807, 2.05) is 0 Å². The standard InChI is InChI=1S/C13H16OSi/c1-3-15-13-9-11-7-5-4-6-10(11)8-12(13)14-2/h4-9H,3,15H2,1-2H3. The molecule has 0 aliphatic carbocycles. The van der Waals surface area contributed by atoms with E-state index in [-0.39, 0.29) is 9.52 Å². The first-order valence-corrected chi connectivity index (χ1v) is 7.11. The highest BCUT2D eigenvalue weighted by Crippen LogP contribution is 2.18. The first kappa shape index (κ1) is 10.2. The molecule has 0 heterocycles. The lowest BCUT2D eigenvalue weighted by atomic mass is 10.1. The van der Waals surface area contributed by atoms with E-state index in [0.717, 1.165) is 5.75 Å². The second-order valence-electron chi connectivity index (χ2n) is 3.76. The number of hydrogen-bond acceptors (Lipinski definition) is 1. The van der Waals surface area contributed by atoms with Crippen LogP contribution in [0.25, 0.3) is 10.8 Å². The fourth-order valence-corrected chi connectivity index (χ4v) is 3.32. The molecule has 0 saturated heterocycles. The van der Waals surface area contributed by atoms with Crippen LogP contribution in [0.2, 0.25) is 6.04 Å². The lowest BCUT2D eigenvalue weighted by Gasteiger charge is -2.09. The van der Waals surface area contributed by atoms with E-state index >= 15 is 0 Å². The molecule has 1 nitrogen and oxygen atoms in total. The Bertz CT molecular complexity index is 465. The maximum absolute atomic E-state index is 5.44. The zero-order chi connectivity index (χ0) is 10.7. The lowest BCUT2D eigenvalue weighted by Crippen LogP contribution is -2.15. The number of methoxy groups -OCH3 is 1. The monoisotopic (exact) mass is 216 g/mol. The van der Waals surface area contributed by atoms with Gasteiger partial charge in [0.1, 0.15) is 5.75 Å². The van der Waals surface area contributed by atoms with Crippen LogP contribution in [0.5, 0.6) is 5.75 Å². The first-order chi connectivity index (χ1) is 7.35. The Morgan fingerprint density at radius 3 is 2.40 bits per heavy atom. The Kier molecular flexibility index (Phi) is 3.07. The van der Waals surface area contributed by atoms with Gasteiger partial charge in [-0.15, -0.1) is 0 Å². The molecule has 0 saturated carbocycles. The van der Waals surface area contributed by atoms with Crippen molar-refractivity contribution in [1.82, 2.24) is 0 Å². The minimum atomic E-state index is -0.154. The first-order valence-electron chi connectivity index (χ1n) is 5.41. The Morgan fingerprint density at radius 1 is 1.13 bits per heavy atom. The van der Waals surface area contributed by atoms with Crippen LogP contribution in [0, 0.1) is 0 Å². The molecule has 0 fully saturated rings. The van der Waals surface area contributed by atoms with Gasteiger partial charge in [0.05, 0.1) is 16.6 Å². The van der Waals surface area contributed by atoms with Crippen LogP contribution in [-0.4, -0.2) is 16.6 Å². The molecule has 78 valence electrons. The van der Waals surface area contributed by atoms with Crippen LogP contribution in [0.1, 0.15) is 6.92 Å². The van der Waals surface area contributed by atoms with Crippen molar-refractivity contribution in [3.63, 3.8) is 0 Å². The van der Waals surface area contributed by atoms with Crippen molar-refractivity contribution in [3.05, 3.63) is 36.4 Å². The summed E-state index contributed by atoms with van der Waals surface area (Å²) in [4.78, 5) is 0. The third-order valence-electron chi connectivity index (χ3n) is 2.67. The Morgan fingerprint density at radius 2 is 1.80 bits per heavy atom. The molecule has 0 aliphatic rings. The second-order valence-corrected chi connectivity index (χ2v) is 6.02. The average Bonchev–Trinajstić information content (AvgIpc) is 2.28. The summed E-state index contributed by atoms with van der Waals surface area (Å²) in [6.45, 7) is 2.25. The van der Waals surface area contributed by atoms with Gasteiger partial charge < -0.3 is 4.74 Å². The van der Waals surface area contributed by atoms with E-state index < -0.39 is 0 Å². The molecule has 2 rings (SSSR count). The average molecular weight is 216 g/mol. The SMILES string of the molecule is CC[SiH2]c1cc2ccccc2cc1OC. The van der Waals surface area contributed by atoms with Crippen molar-refractivity contribution in [3.8, 4) is 5.75 Å². The van der Waals surface area contributed by atoms with Crippen molar-refractivity contribution >= 4 is 25.5 Å². The van der Waals surface area contributed by atoms with Gasteiger partial charge in [-0.1, -0.05) is 43.3 Å². The summed E-state index contributed by atoms with van der Waals surface area (Å²) >= 11 is 0. The summed E-state index contributed by atoms with van der Waals surface area (Å²) in [5.41, 5.74) is 0. The van der Waals surface area contributed by atoms with Crippen LogP contribution in [0.3, 0.4) is 0 Å². The number of hydrogen-bond donors (Lipinski definition) is 0. The fraction of sp³-hybridized carbons (Fsp3) is 0.231.